The van der Waals surface area contributed by atoms with Crippen molar-refractivity contribution in [2.45, 2.75) is 6.92 Å². The van der Waals surface area contributed by atoms with E-state index in [4.69, 9.17) is 23.2 Å². The number of rotatable bonds is 4. The summed E-state index contributed by atoms with van der Waals surface area (Å²) in [4.78, 5) is 12.5. The van der Waals surface area contributed by atoms with Gasteiger partial charge < -0.3 is 5.32 Å². The number of halogens is 2. The molecule has 0 spiro atoms. The Hall–Kier alpha value is -1.76. The van der Waals surface area contributed by atoms with Crippen molar-refractivity contribution >= 4 is 50.5 Å². The van der Waals surface area contributed by atoms with Gasteiger partial charge in [-0.25, -0.2) is 8.42 Å². The highest BCUT2D eigenvalue weighted by Gasteiger charge is 2.19. The minimum atomic E-state index is -3.43. The Balaban J connectivity index is 2.39. The van der Waals surface area contributed by atoms with Gasteiger partial charge in [0.1, 0.15) is 0 Å². The van der Waals surface area contributed by atoms with E-state index in [1.807, 2.05) is 0 Å². The molecule has 2 rings (SSSR count). The van der Waals surface area contributed by atoms with Crippen molar-refractivity contribution in [1.29, 1.82) is 0 Å². The summed E-state index contributed by atoms with van der Waals surface area (Å²) in [6, 6.07) is 9.62. The van der Waals surface area contributed by atoms with Crippen LogP contribution in [0.2, 0.25) is 10.0 Å². The topological polar surface area (TPSA) is 66.5 Å². The van der Waals surface area contributed by atoms with Crippen molar-refractivity contribution in [3.8, 4) is 0 Å². The Morgan fingerprint density at radius 3 is 2.46 bits per heavy atom. The zero-order valence-corrected chi connectivity index (χ0v) is 15.6. The van der Waals surface area contributed by atoms with Crippen LogP contribution in [0.15, 0.2) is 36.4 Å². The number of sulfonamides is 1. The van der Waals surface area contributed by atoms with E-state index >= 15 is 0 Å². The maximum absolute atomic E-state index is 12.5. The van der Waals surface area contributed by atoms with Gasteiger partial charge in [-0.1, -0.05) is 29.3 Å². The van der Waals surface area contributed by atoms with Gasteiger partial charge >= 0.3 is 0 Å². The fraction of sp³-hybridized carbons (Fsp3) is 0.188. The third-order valence-electron chi connectivity index (χ3n) is 3.56. The summed E-state index contributed by atoms with van der Waals surface area (Å²) in [6.45, 7) is 1.69. The number of amides is 1. The first kappa shape index (κ1) is 18.6. The highest BCUT2D eigenvalue weighted by atomic mass is 35.5. The van der Waals surface area contributed by atoms with Gasteiger partial charge in [0.2, 0.25) is 10.0 Å². The van der Waals surface area contributed by atoms with Crippen molar-refractivity contribution in [2.24, 2.45) is 0 Å². The number of carbonyl (C=O) groups excluding carboxylic acids is 1. The fourth-order valence-electron chi connectivity index (χ4n) is 2.17. The van der Waals surface area contributed by atoms with Gasteiger partial charge in [-0.15, -0.1) is 0 Å². The molecule has 0 aliphatic carbocycles. The van der Waals surface area contributed by atoms with Crippen LogP contribution in [-0.2, 0) is 10.0 Å². The summed E-state index contributed by atoms with van der Waals surface area (Å²) in [6.07, 6.45) is 1.10. The van der Waals surface area contributed by atoms with Gasteiger partial charge in [0.05, 0.1) is 22.7 Å². The Morgan fingerprint density at radius 2 is 1.83 bits per heavy atom. The summed E-state index contributed by atoms with van der Waals surface area (Å²) >= 11 is 12.0. The Morgan fingerprint density at radius 1 is 1.17 bits per heavy atom. The van der Waals surface area contributed by atoms with Crippen LogP contribution in [0.3, 0.4) is 0 Å². The van der Waals surface area contributed by atoms with Crippen LogP contribution in [0, 0.1) is 6.92 Å². The molecule has 0 unspecified atom stereocenters. The summed E-state index contributed by atoms with van der Waals surface area (Å²) < 4.78 is 24.6. The zero-order valence-electron chi connectivity index (χ0n) is 13.3. The minimum Gasteiger partial charge on any atom is -0.321 e. The van der Waals surface area contributed by atoms with Crippen LogP contribution >= 0.6 is 23.2 Å². The van der Waals surface area contributed by atoms with E-state index in [9.17, 15) is 13.2 Å². The average molecular weight is 387 g/mol. The molecule has 2 aromatic rings. The molecule has 5 nitrogen and oxygen atoms in total. The lowest BCUT2D eigenvalue weighted by molar-refractivity contribution is 0.102. The molecule has 0 saturated heterocycles. The molecule has 1 N–H and O–H groups in total. The van der Waals surface area contributed by atoms with Gasteiger partial charge in [0, 0.05) is 17.6 Å². The van der Waals surface area contributed by atoms with Gasteiger partial charge in [0.15, 0.2) is 0 Å². The SMILES string of the molecule is Cc1c(C(=O)Nc2cc(Cl)ccc2Cl)cccc1N(C)S(C)(=O)=O. The number of nitrogens with one attached hydrogen (secondary N) is 1. The smallest absolute Gasteiger partial charge is 0.256 e. The van der Waals surface area contributed by atoms with Crippen LogP contribution in [0.1, 0.15) is 15.9 Å². The van der Waals surface area contributed by atoms with E-state index in [2.05, 4.69) is 5.32 Å². The molecule has 0 atom stereocenters. The van der Waals surface area contributed by atoms with Crippen LogP contribution in [0.4, 0.5) is 11.4 Å². The first-order chi connectivity index (χ1) is 11.1. The Bertz CT molecular complexity index is 898. The second-order valence-electron chi connectivity index (χ2n) is 5.26. The number of benzene rings is 2. The molecule has 0 aliphatic heterocycles. The fourth-order valence-corrected chi connectivity index (χ4v) is 3.06. The first-order valence-corrected chi connectivity index (χ1v) is 9.51. The third-order valence-corrected chi connectivity index (χ3v) is 5.32. The number of hydrogen-bond donors (Lipinski definition) is 1. The third kappa shape index (κ3) is 4.01. The summed E-state index contributed by atoms with van der Waals surface area (Å²) in [7, 11) is -1.99. The number of carbonyl (C=O) groups is 1. The van der Waals surface area contributed by atoms with Crippen LogP contribution in [0.25, 0.3) is 0 Å². The van der Waals surface area contributed by atoms with Crippen LogP contribution in [-0.4, -0.2) is 27.6 Å². The highest BCUT2D eigenvalue weighted by molar-refractivity contribution is 7.92. The molecule has 1 amide bonds. The molecular weight excluding hydrogens is 371 g/mol. The lowest BCUT2D eigenvalue weighted by atomic mass is 10.1. The Labute approximate surface area is 151 Å². The van der Waals surface area contributed by atoms with Crippen LogP contribution < -0.4 is 9.62 Å². The lowest BCUT2D eigenvalue weighted by Crippen LogP contribution is -2.26. The van der Waals surface area contributed by atoms with Crippen LogP contribution in [0.5, 0.6) is 0 Å². The highest BCUT2D eigenvalue weighted by Crippen LogP contribution is 2.28. The predicted octanol–water partition coefficient (Wildman–Crippen LogP) is 3.95. The minimum absolute atomic E-state index is 0.346. The van der Waals surface area contributed by atoms with E-state index in [-0.39, 0.29) is 0 Å². The van der Waals surface area contributed by atoms with E-state index in [1.165, 1.54) is 7.05 Å². The van der Waals surface area contributed by atoms with Gasteiger partial charge in [-0.05, 0) is 42.8 Å². The van der Waals surface area contributed by atoms with Gasteiger partial charge in [0.25, 0.3) is 5.91 Å². The van der Waals surface area contributed by atoms with Gasteiger partial charge in [-0.2, -0.15) is 0 Å². The lowest BCUT2D eigenvalue weighted by Gasteiger charge is -2.20. The maximum atomic E-state index is 12.5. The maximum Gasteiger partial charge on any atom is 0.256 e. The van der Waals surface area contributed by atoms with Crippen molar-refractivity contribution in [2.75, 3.05) is 22.9 Å². The standard InChI is InChI=1S/C16H16Cl2N2O3S/c1-10-12(5-4-6-15(10)20(2)24(3,22)23)16(21)19-14-9-11(17)7-8-13(14)18/h4-9H,1-3H3,(H,19,21). The van der Waals surface area contributed by atoms with Crippen molar-refractivity contribution in [1.82, 2.24) is 0 Å². The number of anilines is 2. The van der Waals surface area contributed by atoms with E-state index in [0.717, 1.165) is 10.6 Å². The Kier molecular flexibility index (Phi) is 5.42. The number of hydrogen-bond acceptors (Lipinski definition) is 3. The second-order valence-corrected chi connectivity index (χ2v) is 8.12. The summed E-state index contributed by atoms with van der Waals surface area (Å²) in [5, 5.41) is 3.49. The molecule has 2 aromatic carbocycles. The molecule has 0 heterocycles. The molecule has 0 bridgehead atoms. The quantitative estimate of drug-likeness (QED) is 0.864. The summed E-state index contributed by atoms with van der Waals surface area (Å²) in [5.74, 6) is -0.402. The van der Waals surface area contributed by atoms with E-state index in [0.29, 0.717) is 32.5 Å². The predicted molar refractivity (Wildman–Crippen MR) is 98.8 cm³/mol. The second kappa shape index (κ2) is 7.01. The monoisotopic (exact) mass is 386 g/mol. The molecular formula is C16H16Cl2N2O3S. The largest absolute Gasteiger partial charge is 0.321 e. The van der Waals surface area contributed by atoms with Gasteiger partial charge in [-0.3, -0.25) is 9.10 Å². The molecule has 0 radical (unpaired) electrons. The normalized spacial score (nSPS) is 11.2. The van der Waals surface area contributed by atoms with E-state index in [1.54, 1.807) is 43.3 Å². The molecule has 0 saturated carbocycles. The number of nitrogens with zero attached hydrogens (tertiary/aromatic N) is 1. The first-order valence-electron chi connectivity index (χ1n) is 6.91. The van der Waals surface area contributed by atoms with Crippen molar-refractivity contribution in [3.05, 3.63) is 57.6 Å². The van der Waals surface area contributed by atoms with Crippen molar-refractivity contribution in [3.63, 3.8) is 0 Å². The summed E-state index contributed by atoms with van der Waals surface area (Å²) in [5.41, 5.74) is 1.71. The molecule has 24 heavy (non-hydrogen) atoms. The molecule has 128 valence electrons. The molecule has 0 fully saturated rings. The van der Waals surface area contributed by atoms with E-state index < -0.39 is 15.9 Å². The average Bonchev–Trinajstić information content (AvgIpc) is 2.49. The molecule has 0 aliphatic rings. The zero-order chi connectivity index (χ0) is 18.1. The molecule has 0 aromatic heterocycles. The van der Waals surface area contributed by atoms with Crippen molar-refractivity contribution < 1.29 is 13.2 Å². The molecule has 8 heteroatoms.